The van der Waals surface area contributed by atoms with Crippen LogP contribution in [-0.4, -0.2) is 61.7 Å². The van der Waals surface area contributed by atoms with Gasteiger partial charge in [0.25, 0.3) is 0 Å². The molecule has 1 rings (SSSR count). The predicted octanol–water partition coefficient (Wildman–Crippen LogP) is 2.18. The third-order valence-corrected chi connectivity index (χ3v) is 4.17. The van der Waals surface area contributed by atoms with Crippen molar-refractivity contribution in [3.63, 3.8) is 0 Å². The number of hydrogen-bond donors (Lipinski definition) is 1. The predicted molar refractivity (Wildman–Crippen MR) is 80.1 cm³/mol. The maximum Gasteiger partial charge on any atom is 0.0192 e. The van der Waals surface area contributed by atoms with Crippen molar-refractivity contribution >= 4 is 0 Å². The van der Waals surface area contributed by atoms with Gasteiger partial charge in [0.05, 0.1) is 0 Å². The standard InChI is InChI=1S/C15H33N3/c1-5-15-13-18(12-8-9-16-15)11-7-6-10-17(4)14(2)3/h14-16H,5-13H2,1-4H3. The van der Waals surface area contributed by atoms with Gasteiger partial charge in [-0.15, -0.1) is 0 Å². The molecule has 0 aromatic rings. The first kappa shape index (κ1) is 15.9. The number of hydrogen-bond acceptors (Lipinski definition) is 3. The second kappa shape index (κ2) is 8.89. The Morgan fingerprint density at radius 1 is 1.33 bits per heavy atom. The molecule has 1 N–H and O–H groups in total. The normalized spacial score (nSPS) is 22.7. The van der Waals surface area contributed by atoms with Gasteiger partial charge in [-0.2, -0.15) is 0 Å². The molecule has 0 amide bonds. The maximum atomic E-state index is 3.63. The number of nitrogens with one attached hydrogen (secondary N) is 1. The van der Waals surface area contributed by atoms with Gasteiger partial charge in [0.2, 0.25) is 0 Å². The Hall–Kier alpha value is -0.120. The molecular weight excluding hydrogens is 222 g/mol. The van der Waals surface area contributed by atoms with Gasteiger partial charge in [0.1, 0.15) is 0 Å². The van der Waals surface area contributed by atoms with Crippen molar-refractivity contribution in [1.29, 1.82) is 0 Å². The van der Waals surface area contributed by atoms with Crippen LogP contribution < -0.4 is 5.32 Å². The van der Waals surface area contributed by atoms with Crippen molar-refractivity contribution in [2.75, 3.05) is 39.8 Å². The molecule has 1 aliphatic rings. The monoisotopic (exact) mass is 255 g/mol. The minimum Gasteiger partial charge on any atom is -0.313 e. The van der Waals surface area contributed by atoms with Gasteiger partial charge in [-0.05, 0) is 72.8 Å². The highest BCUT2D eigenvalue weighted by Crippen LogP contribution is 2.06. The van der Waals surface area contributed by atoms with E-state index in [-0.39, 0.29) is 0 Å². The Morgan fingerprint density at radius 3 is 2.78 bits per heavy atom. The molecule has 1 fully saturated rings. The van der Waals surface area contributed by atoms with Crippen LogP contribution in [0, 0.1) is 0 Å². The van der Waals surface area contributed by atoms with Gasteiger partial charge in [0.15, 0.2) is 0 Å². The van der Waals surface area contributed by atoms with Crippen molar-refractivity contribution < 1.29 is 0 Å². The van der Waals surface area contributed by atoms with Gasteiger partial charge in [-0.1, -0.05) is 6.92 Å². The molecule has 1 saturated heterocycles. The van der Waals surface area contributed by atoms with E-state index in [2.05, 4.69) is 42.9 Å². The molecule has 0 aromatic heterocycles. The third kappa shape index (κ3) is 6.17. The van der Waals surface area contributed by atoms with Crippen LogP contribution in [0.3, 0.4) is 0 Å². The molecule has 0 saturated carbocycles. The largest absolute Gasteiger partial charge is 0.313 e. The molecule has 0 aromatic carbocycles. The molecule has 1 unspecified atom stereocenters. The molecule has 1 aliphatic heterocycles. The van der Waals surface area contributed by atoms with Gasteiger partial charge in [-0.25, -0.2) is 0 Å². The summed E-state index contributed by atoms with van der Waals surface area (Å²) < 4.78 is 0. The van der Waals surface area contributed by atoms with E-state index in [4.69, 9.17) is 0 Å². The molecule has 108 valence electrons. The summed E-state index contributed by atoms with van der Waals surface area (Å²) in [4.78, 5) is 5.10. The van der Waals surface area contributed by atoms with E-state index in [1.54, 1.807) is 0 Å². The van der Waals surface area contributed by atoms with Crippen molar-refractivity contribution in [1.82, 2.24) is 15.1 Å². The van der Waals surface area contributed by atoms with Crippen LogP contribution >= 0.6 is 0 Å². The molecule has 3 nitrogen and oxygen atoms in total. The van der Waals surface area contributed by atoms with E-state index in [1.807, 2.05) is 0 Å². The van der Waals surface area contributed by atoms with Crippen LogP contribution in [0.1, 0.15) is 46.5 Å². The lowest BCUT2D eigenvalue weighted by molar-refractivity contribution is 0.237. The number of unbranched alkanes of at least 4 members (excludes halogenated alkanes) is 1. The average Bonchev–Trinajstić information content (AvgIpc) is 2.59. The highest BCUT2D eigenvalue weighted by atomic mass is 15.2. The van der Waals surface area contributed by atoms with Crippen LogP contribution in [0.5, 0.6) is 0 Å². The Balaban J connectivity index is 2.13. The van der Waals surface area contributed by atoms with E-state index >= 15 is 0 Å². The summed E-state index contributed by atoms with van der Waals surface area (Å²) in [7, 11) is 2.23. The zero-order valence-corrected chi connectivity index (χ0v) is 12.9. The summed E-state index contributed by atoms with van der Waals surface area (Å²) in [5.74, 6) is 0. The molecule has 1 atom stereocenters. The van der Waals surface area contributed by atoms with Crippen LogP contribution in [0.4, 0.5) is 0 Å². The first-order chi connectivity index (χ1) is 8.63. The van der Waals surface area contributed by atoms with Crippen LogP contribution in [0.2, 0.25) is 0 Å². The molecule has 0 radical (unpaired) electrons. The highest BCUT2D eigenvalue weighted by Gasteiger charge is 2.15. The molecule has 3 heteroatoms. The highest BCUT2D eigenvalue weighted by molar-refractivity contribution is 4.75. The smallest absolute Gasteiger partial charge is 0.0192 e. The summed E-state index contributed by atoms with van der Waals surface area (Å²) in [5, 5.41) is 3.63. The minimum atomic E-state index is 0.678. The van der Waals surface area contributed by atoms with Crippen molar-refractivity contribution in [3.05, 3.63) is 0 Å². The fourth-order valence-electron chi connectivity index (χ4n) is 2.51. The van der Waals surface area contributed by atoms with Gasteiger partial charge in [-0.3, -0.25) is 0 Å². The number of rotatable bonds is 7. The minimum absolute atomic E-state index is 0.678. The maximum absolute atomic E-state index is 3.63. The second-order valence-corrected chi connectivity index (χ2v) is 5.99. The van der Waals surface area contributed by atoms with Crippen LogP contribution in [0.25, 0.3) is 0 Å². The van der Waals surface area contributed by atoms with Crippen molar-refractivity contribution in [3.8, 4) is 0 Å². The molecule has 0 spiro atoms. The van der Waals surface area contributed by atoms with Crippen LogP contribution in [0.15, 0.2) is 0 Å². The van der Waals surface area contributed by atoms with Crippen molar-refractivity contribution in [2.24, 2.45) is 0 Å². The fourth-order valence-corrected chi connectivity index (χ4v) is 2.51. The lowest BCUT2D eigenvalue weighted by Crippen LogP contribution is -2.37. The third-order valence-electron chi connectivity index (χ3n) is 4.17. The van der Waals surface area contributed by atoms with Gasteiger partial charge >= 0.3 is 0 Å². The quantitative estimate of drug-likeness (QED) is 0.704. The number of nitrogens with zero attached hydrogens (tertiary/aromatic N) is 2. The first-order valence-electron chi connectivity index (χ1n) is 7.79. The first-order valence-corrected chi connectivity index (χ1v) is 7.79. The second-order valence-electron chi connectivity index (χ2n) is 5.99. The van der Waals surface area contributed by atoms with E-state index in [0.717, 1.165) is 0 Å². The Morgan fingerprint density at radius 2 is 2.11 bits per heavy atom. The molecule has 18 heavy (non-hydrogen) atoms. The fraction of sp³-hybridized carbons (Fsp3) is 1.00. The SMILES string of the molecule is CCC1CN(CCCCN(C)C(C)C)CCCN1. The molecular formula is C15H33N3. The summed E-state index contributed by atoms with van der Waals surface area (Å²) in [6, 6.07) is 1.39. The van der Waals surface area contributed by atoms with Crippen LogP contribution in [-0.2, 0) is 0 Å². The summed E-state index contributed by atoms with van der Waals surface area (Å²) >= 11 is 0. The van der Waals surface area contributed by atoms with E-state index in [1.165, 1.54) is 58.4 Å². The zero-order chi connectivity index (χ0) is 13.4. The van der Waals surface area contributed by atoms with Gasteiger partial charge < -0.3 is 15.1 Å². The lowest BCUT2D eigenvalue weighted by Gasteiger charge is -2.25. The molecule has 0 bridgehead atoms. The average molecular weight is 255 g/mol. The Kier molecular flexibility index (Phi) is 7.87. The van der Waals surface area contributed by atoms with Gasteiger partial charge in [0, 0.05) is 18.6 Å². The summed E-state index contributed by atoms with van der Waals surface area (Å²) in [5.41, 5.74) is 0. The van der Waals surface area contributed by atoms with Crippen molar-refractivity contribution in [2.45, 2.75) is 58.5 Å². The molecule has 1 heterocycles. The van der Waals surface area contributed by atoms with E-state index < -0.39 is 0 Å². The zero-order valence-electron chi connectivity index (χ0n) is 12.9. The van der Waals surface area contributed by atoms with E-state index in [9.17, 15) is 0 Å². The Labute approximate surface area is 114 Å². The lowest BCUT2D eigenvalue weighted by atomic mass is 10.2. The summed E-state index contributed by atoms with van der Waals surface area (Å²) in [6.45, 7) is 13.1. The molecule has 0 aliphatic carbocycles. The summed E-state index contributed by atoms with van der Waals surface area (Å²) in [6.07, 6.45) is 5.23. The Bertz CT molecular complexity index is 206. The van der Waals surface area contributed by atoms with E-state index in [0.29, 0.717) is 12.1 Å². The topological polar surface area (TPSA) is 18.5 Å².